The molecule has 7 heteroatoms. The van der Waals surface area contributed by atoms with Gasteiger partial charge in [-0.05, 0) is 32.6 Å². The number of alkyl halides is 1. The van der Waals surface area contributed by atoms with Gasteiger partial charge in [-0.3, -0.25) is 0 Å². The van der Waals surface area contributed by atoms with Crippen LogP contribution in [0, 0.1) is 0 Å². The van der Waals surface area contributed by atoms with Gasteiger partial charge in [-0.2, -0.15) is 0 Å². The molecule has 1 fully saturated rings. The van der Waals surface area contributed by atoms with Gasteiger partial charge in [0.25, 0.3) is 0 Å². The van der Waals surface area contributed by atoms with E-state index in [9.17, 15) is 9.59 Å². The monoisotopic (exact) mass is 268 g/mol. The van der Waals surface area contributed by atoms with E-state index in [4.69, 9.17) is 21.8 Å². The minimum atomic E-state index is -1.34. The van der Waals surface area contributed by atoms with Gasteiger partial charge in [-0.25, -0.2) is 9.59 Å². The summed E-state index contributed by atoms with van der Waals surface area (Å²) < 4.78 is 8.54. The van der Waals surface area contributed by atoms with Gasteiger partial charge in [0.05, 0.1) is 0 Å². The van der Waals surface area contributed by atoms with Crippen LogP contribution in [0.25, 0.3) is 0 Å². The van der Waals surface area contributed by atoms with Crippen LogP contribution in [0.15, 0.2) is 0 Å². The average molecular weight is 269 g/mol. The Morgan fingerprint density at radius 2 is 1.71 bits per heavy atom. The number of halogens is 1. The zero-order valence-corrected chi connectivity index (χ0v) is 10.4. The molecule has 0 aromatic heterocycles. The van der Waals surface area contributed by atoms with E-state index >= 15 is 0 Å². The first-order valence-corrected chi connectivity index (χ1v) is 5.78. The lowest BCUT2D eigenvalue weighted by Crippen LogP contribution is -2.19. The highest BCUT2D eigenvalue weighted by molar-refractivity contribution is 6.19. The van der Waals surface area contributed by atoms with Gasteiger partial charge in [0.2, 0.25) is 0 Å². The second kappa shape index (κ2) is 8.92. The molecular weight excluding hydrogens is 252 g/mol. The van der Waals surface area contributed by atoms with E-state index in [2.05, 4.69) is 9.47 Å². The third kappa shape index (κ3) is 11.1. The molecule has 0 heterocycles. The molecule has 0 bridgehead atoms. The van der Waals surface area contributed by atoms with Crippen molar-refractivity contribution in [1.82, 2.24) is 0 Å². The molecule has 0 aromatic carbocycles. The standard InChI is InChI=1S/C7H12O3.C3H5ClO3/c8-7(9)10-6-4-2-1-3-5-6;1-2(4)7-3(5)6/h6H,1-5H2,(H,8,9);2H,1H3,(H,5,6). The summed E-state index contributed by atoms with van der Waals surface area (Å²) in [6, 6.07) is 0. The van der Waals surface area contributed by atoms with Crippen molar-refractivity contribution in [3.05, 3.63) is 0 Å². The molecule has 0 radical (unpaired) electrons. The number of ether oxygens (including phenoxy) is 2. The molecule has 1 aliphatic rings. The van der Waals surface area contributed by atoms with Crippen LogP contribution in [-0.4, -0.2) is 34.2 Å². The van der Waals surface area contributed by atoms with Crippen LogP contribution in [-0.2, 0) is 9.47 Å². The third-order valence-electron chi connectivity index (χ3n) is 2.08. The summed E-state index contributed by atoms with van der Waals surface area (Å²) in [5.41, 5.74) is -0.752. The first kappa shape index (κ1) is 15.8. The highest BCUT2D eigenvalue weighted by Crippen LogP contribution is 2.19. The van der Waals surface area contributed by atoms with Gasteiger partial charge in [0.1, 0.15) is 6.10 Å². The summed E-state index contributed by atoms with van der Waals surface area (Å²) in [5.74, 6) is 0. The lowest BCUT2D eigenvalue weighted by Gasteiger charge is -2.19. The Balaban J connectivity index is 0.000000325. The van der Waals surface area contributed by atoms with Gasteiger partial charge in [0.15, 0.2) is 5.56 Å². The molecule has 1 rings (SSSR count). The molecule has 1 unspecified atom stereocenters. The van der Waals surface area contributed by atoms with Crippen LogP contribution in [0.4, 0.5) is 9.59 Å². The fourth-order valence-corrected chi connectivity index (χ4v) is 1.54. The fraction of sp³-hybridized carbons (Fsp3) is 0.800. The Hall–Kier alpha value is -1.17. The van der Waals surface area contributed by atoms with E-state index in [-0.39, 0.29) is 6.10 Å². The lowest BCUT2D eigenvalue weighted by atomic mass is 9.98. The van der Waals surface area contributed by atoms with Crippen molar-refractivity contribution >= 4 is 23.9 Å². The third-order valence-corrected chi connectivity index (χ3v) is 2.17. The van der Waals surface area contributed by atoms with E-state index < -0.39 is 17.9 Å². The summed E-state index contributed by atoms with van der Waals surface area (Å²) in [6.07, 6.45) is 2.76. The second-order valence-electron chi connectivity index (χ2n) is 3.57. The second-order valence-corrected chi connectivity index (χ2v) is 4.19. The Bertz CT molecular complexity index is 237. The summed E-state index contributed by atoms with van der Waals surface area (Å²) >= 11 is 5.07. The molecule has 6 nitrogen and oxygen atoms in total. The molecule has 1 aliphatic carbocycles. The predicted octanol–water partition coefficient (Wildman–Crippen LogP) is 3.28. The molecule has 100 valence electrons. The Morgan fingerprint density at radius 3 is 2.00 bits per heavy atom. The minimum Gasteiger partial charge on any atom is -0.450 e. The Kier molecular flexibility index (Phi) is 8.31. The highest BCUT2D eigenvalue weighted by atomic mass is 35.5. The Morgan fingerprint density at radius 1 is 1.18 bits per heavy atom. The van der Waals surface area contributed by atoms with E-state index in [1.165, 1.54) is 13.3 Å². The maximum Gasteiger partial charge on any atom is 0.507 e. The van der Waals surface area contributed by atoms with Crippen molar-refractivity contribution in [3.8, 4) is 0 Å². The fourth-order valence-electron chi connectivity index (χ4n) is 1.46. The van der Waals surface area contributed by atoms with E-state index in [1.807, 2.05) is 0 Å². The number of hydrogen-bond donors (Lipinski definition) is 2. The quantitative estimate of drug-likeness (QED) is 0.590. The van der Waals surface area contributed by atoms with Crippen LogP contribution in [0.3, 0.4) is 0 Å². The predicted molar refractivity (Wildman–Crippen MR) is 60.4 cm³/mol. The van der Waals surface area contributed by atoms with E-state index in [1.54, 1.807) is 0 Å². The highest BCUT2D eigenvalue weighted by Gasteiger charge is 2.16. The van der Waals surface area contributed by atoms with Crippen LogP contribution in [0.5, 0.6) is 0 Å². The minimum absolute atomic E-state index is 0.0220. The van der Waals surface area contributed by atoms with E-state index in [0.717, 1.165) is 25.7 Å². The van der Waals surface area contributed by atoms with Crippen molar-refractivity contribution < 1.29 is 29.3 Å². The number of hydrogen-bond acceptors (Lipinski definition) is 4. The van der Waals surface area contributed by atoms with Gasteiger partial charge in [-0.15, -0.1) is 0 Å². The largest absolute Gasteiger partial charge is 0.507 e. The molecule has 0 aliphatic heterocycles. The normalized spacial score (nSPS) is 17.3. The topological polar surface area (TPSA) is 93.1 Å². The van der Waals surface area contributed by atoms with Crippen molar-refractivity contribution in [1.29, 1.82) is 0 Å². The SMILES string of the molecule is CC(Cl)OC(=O)O.O=C(O)OC1CCCCC1. The van der Waals surface area contributed by atoms with Crippen molar-refractivity contribution in [3.63, 3.8) is 0 Å². The van der Waals surface area contributed by atoms with Crippen LogP contribution < -0.4 is 0 Å². The van der Waals surface area contributed by atoms with Crippen LogP contribution >= 0.6 is 11.6 Å². The summed E-state index contributed by atoms with van der Waals surface area (Å²) in [7, 11) is 0. The van der Waals surface area contributed by atoms with Crippen molar-refractivity contribution in [2.24, 2.45) is 0 Å². The molecule has 1 atom stereocenters. The van der Waals surface area contributed by atoms with Gasteiger partial charge in [0, 0.05) is 0 Å². The van der Waals surface area contributed by atoms with Crippen LogP contribution in [0.2, 0.25) is 0 Å². The first-order chi connectivity index (χ1) is 7.91. The smallest absolute Gasteiger partial charge is 0.450 e. The average Bonchev–Trinajstić information content (AvgIpc) is 2.16. The zero-order chi connectivity index (χ0) is 13.3. The zero-order valence-electron chi connectivity index (χ0n) is 9.60. The summed E-state index contributed by atoms with van der Waals surface area (Å²) in [4.78, 5) is 19.5. The molecule has 0 spiro atoms. The molecule has 0 aromatic rings. The number of carboxylic acid groups (broad SMARTS) is 2. The van der Waals surface area contributed by atoms with Gasteiger partial charge < -0.3 is 19.7 Å². The summed E-state index contributed by atoms with van der Waals surface area (Å²) in [5, 5.41) is 16.0. The molecular formula is C10H17ClO6. The molecule has 0 amide bonds. The maximum absolute atomic E-state index is 10.0. The lowest BCUT2D eigenvalue weighted by molar-refractivity contribution is 0.0358. The van der Waals surface area contributed by atoms with Crippen molar-refractivity contribution in [2.75, 3.05) is 0 Å². The Labute approximate surface area is 104 Å². The molecule has 2 N–H and O–H groups in total. The summed E-state index contributed by atoms with van der Waals surface area (Å²) in [6.45, 7) is 1.43. The molecule has 17 heavy (non-hydrogen) atoms. The maximum atomic E-state index is 10.0. The first-order valence-electron chi connectivity index (χ1n) is 5.35. The van der Waals surface area contributed by atoms with Gasteiger partial charge >= 0.3 is 12.3 Å². The van der Waals surface area contributed by atoms with E-state index in [0.29, 0.717) is 0 Å². The van der Waals surface area contributed by atoms with Gasteiger partial charge in [-0.1, -0.05) is 18.0 Å². The molecule has 0 saturated heterocycles. The number of rotatable bonds is 2. The molecule has 1 saturated carbocycles. The number of carbonyl (C=O) groups is 2. The van der Waals surface area contributed by atoms with Crippen LogP contribution in [0.1, 0.15) is 39.0 Å². The van der Waals surface area contributed by atoms with Crippen molar-refractivity contribution in [2.45, 2.75) is 50.7 Å².